The van der Waals surface area contributed by atoms with Gasteiger partial charge >= 0.3 is 7.12 Å². The minimum atomic E-state index is -1.18. The van der Waals surface area contributed by atoms with E-state index in [-0.39, 0.29) is 0 Å². The number of aryl methyl sites for hydroxylation is 1. The van der Waals surface area contributed by atoms with Crippen molar-refractivity contribution in [1.29, 1.82) is 0 Å². The fourth-order valence-electron chi connectivity index (χ4n) is 1.88. The summed E-state index contributed by atoms with van der Waals surface area (Å²) in [6.45, 7) is 0. The van der Waals surface area contributed by atoms with Gasteiger partial charge in [-0.2, -0.15) is 0 Å². The third-order valence-electron chi connectivity index (χ3n) is 2.74. The van der Waals surface area contributed by atoms with E-state index in [0.29, 0.717) is 6.32 Å². The molecule has 0 aliphatic carbocycles. The summed E-state index contributed by atoms with van der Waals surface area (Å²) in [4.78, 5) is 0. The maximum atomic E-state index is 8.76. The van der Waals surface area contributed by atoms with E-state index in [1.165, 1.54) is 16.3 Å². The van der Waals surface area contributed by atoms with Crippen LogP contribution in [0.1, 0.15) is 12.0 Å². The van der Waals surface area contributed by atoms with Crippen molar-refractivity contribution in [3.8, 4) is 0 Å². The van der Waals surface area contributed by atoms with Gasteiger partial charge in [0.15, 0.2) is 0 Å². The van der Waals surface area contributed by atoms with Crippen LogP contribution in [0.3, 0.4) is 0 Å². The Labute approximate surface area is 95.7 Å². The van der Waals surface area contributed by atoms with Crippen LogP contribution in [-0.2, 0) is 6.42 Å². The molecule has 0 heterocycles. The molecule has 0 aliphatic heterocycles. The molecule has 0 spiro atoms. The Kier molecular flexibility index (Phi) is 3.60. The monoisotopic (exact) mass is 214 g/mol. The summed E-state index contributed by atoms with van der Waals surface area (Å²) < 4.78 is 0. The van der Waals surface area contributed by atoms with Gasteiger partial charge in [0.1, 0.15) is 0 Å². The molecular weight excluding hydrogens is 199 g/mol. The lowest BCUT2D eigenvalue weighted by molar-refractivity contribution is 0.403. The smallest absolute Gasteiger partial charge is 0.427 e. The Hall–Kier alpha value is -1.32. The molecule has 0 bridgehead atoms. The molecule has 2 nitrogen and oxygen atoms in total. The molecule has 2 N–H and O–H groups in total. The van der Waals surface area contributed by atoms with Crippen molar-refractivity contribution in [2.24, 2.45) is 0 Å². The van der Waals surface area contributed by atoms with Gasteiger partial charge in [0, 0.05) is 0 Å². The average molecular weight is 214 g/mol. The van der Waals surface area contributed by atoms with Crippen LogP contribution in [0.5, 0.6) is 0 Å². The van der Waals surface area contributed by atoms with Crippen LogP contribution in [0.15, 0.2) is 42.5 Å². The Morgan fingerprint density at radius 1 is 0.938 bits per heavy atom. The van der Waals surface area contributed by atoms with Crippen LogP contribution >= 0.6 is 0 Å². The van der Waals surface area contributed by atoms with Crippen LogP contribution in [0.25, 0.3) is 10.8 Å². The van der Waals surface area contributed by atoms with Gasteiger partial charge in [-0.25, -0.2) is 0 Å². The fourth-order valence-corrected chi connectivity index (χ4v) is 1.88. The van der Waals surface area contributed by atoms with Gasteiger partial charge in [0.2, 0.25) is 0 Å². The van der Waals surface area contributed by atoms with Crippen molar-refractivity contribution in [2.75, 3.05) is 0 Å². The molecule has 0 atom stereocenters. The second kappa shape index (κ2) is 5.15. The van der Waals surface area contributed by atoms with Crippen LogP contribution in [0, 0.1) is 0 Å². The van der Waals surface area contributed by atoms with E-state index < -0.39 is 7.12 Å². The highest BCUT2D eigenvalue weighted by Crippen LogP contribution is 2.17. The van der Waals surface area contributed by atoms with Crippen molar-refractivity contribution < 1.29 is 10.0 Å². The molecule has 0 radical (unpaired) electrons. The first-order chi connectivity index (χ1) is 7.75. The molecule has 0 amide bonds. The van der Waals surface area contributed by atoms with Gasteiger partial charge in [-0.15, -0.1) is 0 Å². The van der Waals surface area contributed by atoms with Crippen LogP contribution < -0.4 is 0 Å². The number of hydrogen-bond donors (Lipinski definition) is 2. The van der Waals surface area contributed by atoms with E-state index in [1.807, 2.05) is 12.1 Å². The Morgan fingerprint density at radius 2 is 1.69 bits per heavy atom. The zero-order valence-corrected chi connectivity index (χ0v) is 9.13. The summed E-state index contributed by atoms with van der Waals surface area (Å²) in [6.07, 6.45) is 2.13. The molecule has 0 unspecified atom stereocenters. The largest absolute Gasteiger partial charge is 0.451 e. The molecule has 2 rings (SSSR count). The Morgan fingerprint density at radius 3 is 2.44 bits per heavy atom. The molecule has 0 aromatic heterocycles. The van der Waals surface area contributed by atoms with Crippen LogP contribution in [0.4, 0.5) is 0 Å². The molecule has 82 valence electrons. The zero-order chi connectivity index (χ0) is 11.4. The highest BCUT2D eigenvalue weighted by atomic mass is 16.4. The molecule has 16 heavy (non-hydrogen) atoms. The van der Waals surface area contributed by atoms with Crippen molar-refractivity contribution in [3.63, 3.8) is 0 Å². The third-order valence-corrected chi connectivity index (χ3v) is 2.74. The molecule has 0 aliphatic rings. The average Bonchev–Trinajstić information content (AvgIpc) is 2.28. The van der Waals surface area contributed by atoms with Gasteiger partial charge in [0.25, 0.3) is 0 Å². The molecule has 0 saturated heterocycles. The first-order valence-corrected chi connectivity index (χ1v) is 5.59. The lowest BCUT2D eigenvalue weighted by Gasteiger charge is -2.03. The lowest BCUT2D eigenvalue weighted by atomic mass is 9.83. The van der Waals surface area contributed by atoms with E-state index in [1.54, 1.807) is 0 Å². The van der Waals surface area contributed by atoms with Gasteiger partial charge in [-0.1, -0.05) is 48.9 Å². The standard InChI is InChI=1S/C13H15BO2/c15-14(16)9-3-4-11-7-8-12-5-1-2-6-13(12)10-11/h1-2,5-8,10,15-16H,3-4,9H2. The van der Waals surface area contributed by atoms with Crippen molar-refractivity contribution in [2.45, 2.75) is 19.2 Å². The maximum absolute atomic E-state index is 8.76. The number of fused-ring (bicyclic) bond motifs is 1. The number of rotatable bonds is 4. The minimum Gasteiger partial charge on any atom is -0.427 e. The Balaban J connectivity index is 2.08. The van der Waals surface area contributed by atoms with Gasteiger partial charge in [-0.3, -0.25) is 0 Å². The zero-order valence-electron chi connectivity index (χ0n) is 9.13. The highest BCUT2D eigenvalue weighted by molar-refractivity contribution is 6.40. The molecule has 2 aromatic carbocycles. The predicted octanol–water partition coefficient (Wildman–Crippen LogP) is 2.25. The lowest BCUT2D eigenvalue weighted by Crippen LogP contribution is -2.09. The number of hydrogen-bond acceptors (Lipinski definition) is 2. The molecule has 0 saturated carbocycles. The first-order valence-electron chi connectivity index (χ1n) is 5.59. The predicted molar refractivity (Wildman–Crippen MR) is 67.3 cm³/mol. The van der Waals surface area contributed by atoms with Gasteiger partial charge in [0.05, 0.1) is 0 Å². The minimum absolute atomic E-state index is 0.437. The van der Waals surface area contributed by atoms with E-state index >= 15 is 0 Å². The van der Waals surface area contributed by atoms with Crippen molar-refractivity contribution in [1.82, 2.24) is 0 Å². The van der Waals surface area contributed by atoms with E-state index in [4.69, 9.17) is 10.0 Å². The quantitative estimate of drug-likeness (QED) is 0.766. The summed E-state index contributed by atoms with van der Waals surface area (Å²) in [6, 6.07) is 14.6. The van der Waals surface area contributed by atoms with Crippen LogP contribution in [-0.4, -0.2) is 17.2 Å². The second-order valence-electron chi connectivity index (χ2n) is 4.05. The third kappa shape index (κ3) is 2.84. The molecule has 3 heteroatoms. The topological polar surface area (TPSA) is 40.5 Å². The second-order valence-corrected chi connectivity index (χ2v) is 4.05. The van der Waals surface area contributed by atoms with E-state index in [0.717, 1.165) is 12.8 Å². The van der Waals surface area contributed by atoms with Gasteiger partial charge < -0.3 is 10.0 Å². The summed E-state index contributed by atoms with van der Waals surface area (Å²) in [5.74, 6) is 0. The fraction of sp³-hybridized carbons (Fsp3) is 0.231. The number of benzene rings is 2. The molecular formula is C13H15BO2. The summed E-state index contributed by atoms with van der Waals surface area (Å²) in [5.41, 5.74) is 1.25. The Bertz CT molecular complexity index is 468. The van der Waals surface area contributed by atoms with Crippen molar-refractivity contribution in [3.05, 3.63) is 48.0 Å². The van der Waals surface area contributed by atoms with E-state index in [9.17, 15) is 0 Å². The summed E-state index contributed by atoms with van der Waals surface area (Å²) in [7, 11) is -1.18. The highest BCUT2D eigenvalue weighted by Gasteiger charge is 2.05. The van der Waals surface area contributed by atoms with Crippen molar-refractivity contribution >= 4 is 17.9 Å². The summed E-state index contributed by atoms with van der Waals surface area (Å²) >= 11 is 0. The summed E-state index contributed by atoms with van der Waals surface area (Å²) in [5, 5.41) is 20.0. The molecule has 2 aromatic rings. The SMILES string of the molecule is OB(O)CCCc1ccc2ccccc2c1. The van der Waals surface area contributed by atoms with E-state index in [2.05, 4.69) is 30.3 Å². The van der Waals surface area contributed by atoms with Gasteiger partial charge in [-0.05, 0) is 29.1 Å². The maximum Gasteiger partial charge on any atom is 0.451 e. The first kappa shape index (κ1) is 11.2. The normalized spacial score (nSPS) is 10.6. The molecule has 0 fully saturated rings. The van der Waals surface area contributed by atoms with Crippen LogP contribution in [0.2, 0.25) is 6.32 Å².